The van der Waals surface area contributed by atoms with Gasteiger partial charge in [-0.15, -0.1) is 12.4 Å². The maximum atomic E-state index is 12.6. The van der Waals surface area contributed by atoms with Gasteiger partial charge in [0, 0.05) is 17.8 Å². The van der Waals surface area contributed by atoms with E-state index in [1.54, 1.807) is 0 Å². The molecule has 1 unspecified atom stereocenters. The number of rotatable bonds is 6. The van der Waals surface area contributed by atoms with E-state index in [0.717, 1.165) is 35.5 Å². The van der Waals surface area contributed by atoms with E-state index in [1.165, 1.54) is 0 Å². The number of amides is 1. The molecular weight excluding hydrogens is 336 g/mol. The third kappa shape index (κ3) is 4.05. The van der Waals surface area contributed by atoms with Crippen LogP contribution >= 0.6 is 12.4 Å². The Hall–Kier alpha value is -1.85. The van der Waals surface area contributed by atoms with Crippen molar-refractivity contribution in [2.45, 2.75) is 45.6 Å². The minimum absolute atomic E-state index is 0. The monoisotopic (exact) mass is 362 g/mol. The molecule has 5 nitrogen and oxygen atoms in total. The molecule has 0 spiro atoms. The van der Waals surface area contributed by atoms with Gasteiger partial charge in [0.25, 0.3) is 0 Å². The Morgan fingerprint density at radius 1 is 1.32 bits per heavy atom. The SMILES string of the molecule is Cc1nn(-c2ccccc2)c(C)c1CC(=O)NC(C)(CN)C1CC1.Cl. The van der Waals surface area contributed by atoms with Crippen LogP contribution in [0.3, 0.4) is 0 Å². The number of halogens is 1. The predicted octanol–water partition coefficient (Wildman–Crippen LogP) is 2.70. The number of aromatic nitrogens is 2. The van der Waals surface area contributed by atoms with Crippen molar-refractivity contribution in [3.05, 3.63) is 47.3 Å². The van der Waals surface area contributed by atoms with E-state index < -0.39 is 0 Å². The first kappa shape index (κ1) is 19.5. The molecule has 1 aromatic heterocycles. The van der Waals surface area contributed by atoms with E-state index in [-0.39, 0.29) is 23.9 Å². The molecule has 1 atom stereocenters. The van der Waals surface area contributed by atoms with Crippen LogP contribution in [0.5, 0.6) is 0 Å². The van der Waals surface area contributed by atoms with Crippen LogP contribution in [0.2, 0.25) is 0 Å². The number of para-hydroxylation sites is 1. The van der Waals surface area contributed by atoms with Crippen molar-refractivity contribution in [3.8, 4) is 5.69 Å². The zero-order valence-electron chi connectivity index (χ0n) is 15.1. The highest BCUT2D eigenvalue weighted by Crippen LogP contribution is 2.39. The fourth-order valence-corrected chi connectivity index (χ4v) is 3.31. The molecule has 0 saturated heterocycles. The summed E-state index contributed by atoms with van der Waals surface area (Å²) in [5, 5.41) is 7.77. The van der Waals surface area contributed by atoms with Gasteiger partial charge in [-0.3, -0.25) is 4.79 Å². The highest BCUT2D eigenvalue weighted by molar-refractivity contribution is 5.85. The topological polar surface area (TPSA) is 72.9 Å². The second-order valence-electron chi connectivity index (χ2n) is 7.02. The second-order valence-corrected chi connectivity index (χ2v) is 7.02. The van der Waals surface area contributed by atoms with E-state index in [9.17, 15) is 4.79 Å². The Morgan fingerprint density at radius 2 is 1.96 bits per heavy atom. The van der Waals surface area contributed by atoms with Crippen LogP contribution in [0.4, 0.5) is 0 Å². The highest BCUT2D eigenvalue weighted by Gasteiger charge is 2.41. The molecule has 136 valence electrons. The van der Waals surface area contributed by atoms with Gasteiger partial charge in [0.1, 0.15) is 0 Å². The van der Waals surface area contributed by atoms with E-state index in [4.69, 9.17) is 5.73 Å². The standard InChI is InChI=1S/C19H26N4O.ClH/c1-13-17(11-18(24)21-19(3,12-20)15-9-10-15)14(2)23(22-13)16-7-5-4-6-8-16;/h4-8,15H,9-12,20H2,1-3H3,(H,21,24);1H. The zero-order chi connectivity index (χ0) is 17.3. The first-order chi connectivity index (χ1) is 11.4. The van der Waals surface area contributed by atoms with Crippen molar-refractivity contribution < 1.29 is 4.79 Å². The van der Waals surface area contributed by atoms with Crippen LogP contribution in [0.25, 0.3) is 5.69 Å². The van der Waals surface area contributed by atoms with Crippen molar-refractivity contribution in [2.75, 3.05) is 6.54 Å². The lowest BCUT2D eigenvalue weighted by atomic mass is 9.95. The molecule has 3 rings (SSSR count). The van der Waals surface area contributed by atoms with Crippen LogP contribution in [-0.4, -0.2) is 27.8 Å². The summed E-state index contributed by atoms with van der Waals surface area (Å²) in [6.45, 7) is 6.50. The van der Waals surface area contributed by atoms with Crippen LogP contribution in [-0.2, 0) is 11.2 Å². The van der Waals surface area contributed by atoms with Crippen molar-refractivity contribution in [1.82, 2.24) is 15.1 Å². The fourth-order valence-electron chi connectivity index (χ4n) is 3.31. The fraction of sp³-hybridized carbons (Fsp3) is 0.474. The number of benzene rings is 1. The van der Waals surface area contributed by atoms with Crippen LogP contribution in [0.1, 0.15) is 36.7 Å². The summed E-state index contributed by atoms with van der Waals surface area (Å²) in [4.78, 5) is 12.6. The average Bonchev–Trinajstić information content (AvgIpc) is 3.39. The number of carbonyl (C=O) groups is 1. The smallest absolute Gasteiger partial charge is 0.225 e. The molecule has 1 aromatic carbocycles. The number of hydrogen-bond acceptors (Lipinski definition) is 3. The summed E-state index contributed by atoms with van der Waals surface area (Å²) < 4.78 is 1.90. The minimum atomic E-state index is -0.283. The third-order valence-electron chi connectivity index (χ3n) is 5.11. The lowest BCUT2D eigenvalue weighted by molar-refractivity contribution is -0.122. The van der Waals surface area contributed by atoms with Gasteiger partial charge in [0.2, 0.25) is 5.91 Å². The molecule has 1 aliphatic carbocycles. The Balaban J connectivity index is 0.00000225. The summed E-state index contributed by atoms with van der Waals surface area (Å²) in [5.41, 5.74) is 9.52. The molecule has 1 heterocycles. The Labute approximate surface area is 155 Å². The number of nitrogens with zero attached hydrogens (tertiary/aromatic N) is 2. The van der Waals surface area contributed by atoms with Gasteiger partial charge in [-0.1, -0.05) is 18.2 Å². The quantitative estimate of drug-likeness (QED) is 0.829. The molecule has 1 aliphatic rings. The molecule has 2 aromatic rings. The Morgan fingerprint density at radius 3 is 2.52 bits per heavy atom. The lowest BCUT2D eigenvalue weighted by Gasteiger charge is -2.29. The molecule has 25 heavy (non-hydrogen) atoms. The Kier molecular flexibility index (Phi) is 5.91. The molecule has 1 fully saturated rings. The van der Waals surface area contributed by atoms with Gasteiger partial charge in [0.05, 0.1) is 23.3 Å². The lowest BCUT2D eigenvalue weighted by Crippen LogP contribution is -2.53. The van der Waals surface area contributed by atoms with Gasteiger partial charge < -0.3 is 11.1 Å². The summed E-state index contributed by atoms with van der Waals surface area (Å²) >= 11 is 0. The van der Waals surface area contributed by atoms with E-state index >= 15 is 0 Å². The molecular formula is C19H27ClN4O. The Bertz CT molecular complexity index is 739. The molecule has 3 N–H and O–H groups in total. The normalized spacial score (nSPS) is 16.0. The van der Waals surface area contributed by atoms with Crippen LogP contribution in [0.15, 0.2) is 30.3 Å². The number of carbonyl (C=O) groups excluding carboxylic acids is 1. The highest BCUT2D eigenvalue weighted by atomic mass is 35.5. The van der Waals surface area contributed by atoms with Crippen LogP contribution in [0, 0.1) is 19.8 Å². The first-order valence-corrected chi connectivity index (χ1v) is 8.56. The number of aryl methyl sites for hydroxylation is 1. The number of hydrogen-bond donors (Lipinski definition) is 2. The van der Waals surface area contributed by atoms with E-state index in [2.05, 4.69) is 17.3 Å². The number of nitrogens with two attached hydrogens (primary N) is 1. The molecule has 1 saturated carbocycles. The van der Waals surface area contributed by atoms with E-state index in [0.29, 0.717) is 18.9 Å². The van der Waals surface area contributed by atoms with Crippen LogP contribution < -0.4 is 11.1 Å². The van der Waals surface area contributed by atoms with Crippen molar-refractivity contribution in [1.29, 1.82) is 0 Å². The zero-order valence-corrected chi connectivity index (χ0v) is 15.9. The maximum absolute atomic E-state index is 12.6. The summed E-state index contributed by atoms with van der Waals surface area (Å²) in [6, 6.07) is 9.99. The maximum Gasteiger partial charge on any atom is 0.225 e. The first-order valence-electron chi connectivity index (χ1n) is 8.56. The number of nitrogens with one attached hydrogen (secondary N) is 1. The van der Waals surface area contributed by atoms with E-state index in [1.807, 2.05) is 48.9 Å². The summed E-state index contributed by atoms with van der Waals surface area (Å²) in [6.07, 6.45) is 2.64. The predicted molar refractivity (Wildman–Crippen MR) is 102 cm³/mol. The van der Waals surface area contributed by atoms with Crippen molar-refractivity contribution >= 4 is 18.3 Å². The summed E-state index contributed by atoms with van der Waals surface area (Å²) in [7, 11) is 0. The van der Waals surface area contributed by atoms with Gasteiger partial charge in [-0.25, -0.2) is 4.68 Å². The van der Waals surface area contributed by atoms with Gasteiger partial charge >= 0.3 is 0 Å². The molecule has 6 heteroatoms. The minimum Gasteiger partial charge on any atom is -0.349 e. The van der Waals surface area contributed by atoms with Gasteiger partial charge in [0.15, 0.2) is 0 Å². The molecule has 1 amide bonds. The molecule has 0 radical (unpaired) electrons. The average molecular weight is 363 g/mol. The van der Waals surface area contributed by atoms with Gasteiger partial charge in [-0.2, -0.15) is 5.10 Å². The molecule has 0 aliphatic heterocycles. The van der Waals surface area contributed by atoms with Gasteiger partial charge in [-0.05, 0) is 51.7 Å². The second kappa shape index (κ2) is 7.58. The summed E-state index contributed by atoms with van der Waals surface area (Å²) in [5.74, 6) is 0.536. The molecule has 0 bridgehead atoms. The van der Waals surface area contributed by atoms with Crippen molar-refractivity contribution in [2.24, 2.45) is 11.7 Å². The third-order valence-corrected chi connectivity index (χ3v) is 5.11. The van der Waals surface area contributed by atoms with Crippen molar-refractivity contribution in [3.63, 3.8) is 0 Å². The largest absolute Gasteiger partial charge is 0.349 e.